The zero-order valence-electron chi connectivity index (χ0n) is 14.7. The third kappa shape index (κ3) is 4.76. The lowest BCUT2D eigenvalue weighted by Gasteiger charge is -2.24. The van der Waals surface area contributed by atoms with Crippen LogP contribution < -0.4 is 10.2 Å². The molecule has 1 amide bonds. The van der Waals surface area contributed by atoms with E-state index in [1.54, 1.807) is 0 Å². The SMILES string of the molecule is C[C@@H]1Cc2ccccc2N1CCCNC(=O)CCc1ccc(Cl)cc1. The highest BCUT2D eigenvalue weighted by Gasteiger charge is 2.24. The molecule has 0 bridgehead atoms. The molecule has 1 atom stereocenters. The summed E-state index contributed by atoms with van der Waals surface area (Å²) >= 11 is 5.87. The predicted octanol–water partition coefficient (Wildman–Crippen LogP) is 4.23. The lowest BCUT2D eigenvalue weighted by Crippen LogP contribution is -2.33. The molecule has 0 radical (unpaired) electrons. The molecule has 2 aromatic rings. The summed E-state index contributed by atoms with van der Waals surface area (Å²) in [5.74, 6) is 0.116. The molecule has 0 aromatic heterocycles. The van der Waals surface area contributed by atoms with E-state index in [1.807, 2.05) is 24.3 Å². The van der Waals surface area contributed by atoms with Crippen LogP contribution in [0.1, 0.15) is 30.9 Å². The zero-order valence-corrected chi connectivity index (χ0v) is 15.4. The van der Waals surface area contributed by atoms with E-state index in [0.29, 0.717) is 12.5 Å². The van der Waals surface area contributed by atoms with Crippen molar-refractivity contribution in [3.8, 4) is 0 Å². The fourth-order valence-electron chi connectivity index (χ4n) is 3.44. The largest absolute Gasteiger partial charge is 0.368 e. The second-order valence-corrected chi connectivity index (χ2v) is 7.14. The van der Waals surface area contributed by atoms with Crippen LogP contribution in [0, 0.1) is 0 Å². The van der Waals surface area contributed by atoms with E-state index in [2.05, 4.69) is 41.4 Å². The number of fused-ring (bicyclic) bond motifs is 1. The maximum absolute atomic E-state index is 12.0. The van der Waals surface area contributed by atoms with Gasteiger partial charge in [-0.2, -0.15) is 0 Å². The first kappa shape index (κ1) is 17.8. The standard InChI is InChI=1S/C21H25ClN2O/c1-16-15-18-5-2-3-6-20(18)24(16)14-4-13-23-21(25)12-9-17-7-10-19(22)11-8-17/h2-3,5-8,10-11,16H,4,9,12-15H2,1H3,(H,23,25)/t16-/m1/s1. The Bertz CT molecular complexity index is 714. The van der Waals surface area contributed by atoms with Crippen molar-refractivity contribution < 1.29 is 4.79 Å². The summed E-state index contributed by atoms with van der Waals surface area (Å²) in [7, 11) is 0. The summed E-state index contributed by atoms with van der Waals surface area (Å²) < 4.78 is 0. The third-order valence-electron chi connectivity index (χ3n) is 4.80. The molecule has 1 N–H and O–H groups in total. The fraction of sp³-hybridized carbons (Fsp3) is 0.381. The van der Waals surface area contributed by atoms with Gasteiger partial charge >= 0.3 is 0 Å². The van der Waals surface area contributed by atoms with Gasteiger partial charge in [-0.3, -0.25) is 4.79 Å². The number of aryl methyl sites for hydroxylation is 1. The number of nitrogens with one attached hydrogen (secondary N) is 1. The van der Waals surface area contributed by atoms with Crippen LogP contribution in [0.4, 0.5) is 5.69 Å². The minimum absolute atomic E-state index is 0.116. The maximum Gasteiger partial charge on any atom is 0.220 e. The molecule has 1 aliphatic heterocycles. The Morgan fingerprint density at radius 2 is 1.96 bits per heavy atom. The Balaban J connectivity index is 1.37. The van der Waals surface area contributed by atoms with Crippen LogP contribution in [0.15, 0.2) is 48.5 Å². The van der Waals surface area contributed by atoms with Crippen LogP contribution in [-0.2, 0) is 17.6 Å². The first-order valence-corrected chi connectivity index (χ1v) is 9.37. The van der Waals surface area contributed by atoms with Crippen molar-refractivity contribution in [2.24, 2.45) is 0 Å². The number of nitrogens with zero attached hydrogens (tertiary/aromatic N) is 1. The molecule has 3 nitrogen and oxygen atoms in total. The van der Waals surface area contributed by atoms with Gasteiger partial charge in [0, 0.05) is 36.3 Å². The minimum atomic E-state index is 0.116. The predicted molar refractivity (Wildman–Crippen MR) is 104 cm³/mol. The van der Waals surface area contributed by atoms with Gasteiger partial charge in [-0.25, -0.2) is 0 Å². The van der Waals surface area contributed by atoms with E-state index in [-0.39, 0.29) is 5.91 Å². The van der Waals surface area contributed by atoms with Gasteiger partial charge in [0.25, 0.3) is 0 Å². The van der Waals surface area contributed by atoms with Gasteiger partial charge in [-0.15, -0.1) is 0 Å². The van der Waals surface area contributed by atoms with Gasteiger partial charge in [-0.05, 0) is 55.5 Å². The second kappa shape index (κ2) is 8.39. The van der Waals surface area contributed by atoms with Crippen molar-refractivity contribution >= 4 is 23.2 Å². The van der Waals surface area contributed by atoms with Gasteiger partial charge in [0.1, 0.15) is 0 Å². The Labute approximate surface area is 155 Å². The molecule has 132 valence electrons. The molecule has 1 heterocycles. The van der Waals surface area contributed by atoms with Crippen LogP contribution in [0.5, 0.6) is 0 Å². The van der Waals surface area contributed by atoms with E-state index < -0.39 is 0 Å². The molecule has 3 rings (SSSR count). The van der Waals surface area contributed by atoms with Crippen molar-refractivity contribution in [3.05, 3.63) is 64.7 Å². The van der Waals surface area contributed by atoms with Crippen molar-refractivity contribution in [1.29, 1.82) is 0 Å². The van der Waals surface area contributed by atoms with Gasteiger partial charge in [0.05, 0.1) is 0 Å². The molecule has 0 aliphatic carbocycles. The topological polar surface area (TPSA) is 32.3 Å². The summed E-state index contributed by atoms with van der Waals surface area (Å²) in [4.78, 5) is 14.4. The lowest BCUT2D eigenvalue weighted by molar-refractivity contribution is -0.121. The molecule has 0 saturated carbocycles. The zero-order chi connectivity index (χ0) is 17.6. The molecule has 1 aliphatic rings. The normalized spacial score (nSPS) is 15.9. The summed E-state index contributed by atoms with van der Waals surface area (Å²) in [6, 6.07) is 16.8. The Hall–Kier alpha value is -2.00. The highest BCUT2D eigenvalue weighted by atomic mass is 35.5. The van der Waals surface area contributed by atoms with E-state index in [1.165, 1.54) is 11.3 Å². The number of carbonyl (C=O) groups excluding carboxylic acids is 1. The Kier molecular flexibility index (Phi) is 5.98. The van der Waals surface area contributed by atoms with Crippen LogP contribution in [-0.4, -0.2) is 25.0 Å². The van der Waals surface area contributed by atoms with Gasteiger partial charge < -0.3 is 10.2 Å². The number of hydrogen-bond donors (Lipinski definition) is 1. The van der Waals surface area contributed by atoms with Gasteiger partial charge in [-0.1, -0.05) is 41.9 Å². The molecule has 0 fully saturated rings. The van der Waals surface area contributed by atoms with Crippen molar-refractivity contribution in [2.75, 3.05) is 18.0 Å². The van der Waals surface area contributed by atoms with E-state index >= 15 is 0 Å². The first-order valence-electron chi connectivity index (χ1n) is 8.99. The lowest BCUT2D eigenvalue weighted by atomic mass is 10.1. The monoisotopic (exact) mass is 356 g/mol. The van der Waals surface area contributed by atoms with Crippen LogP contribution >= 0.6 is 11.6 Å². The summed E-state index contributed by atoms with van der Waals surface area (Å²) in [6.07, 6.45) is 3.35. The maximum atomic E-state index is 12.0. The summed E-state index contributed by atoms with van der Waals surface area (Å²) in [6.45, 7) is 3.98. The molecule has 0 spiro atoms. The fourth-order valence-corrected chi connectivity index (χ4v) is 3.57. The van der Waals surface area contributed by atoms with E-state index in [0.717, 1.165) is 42.9 Å². The van der Waals surface area contributed by atoms with Crippen LogP contribution in [0.25, 0.3) is 0 Å². The number of halogens is 1. The number of amides is 1. The number of anilines is 1. The van der Waals surface area contributed by atoms with E-state index in [4.69, 9.17) is 11.6 Å². The summed E-state index contributed by atoms with van der Waals surface area (Å²) in [5, 5.41) is 3.76. The number of hydrogen-bond acceptors (Lipinski definition) is 2. The van der Waals surface area contributed by atoms with Crippen molar-refractivity contribution in [1.82, 2.24) is 5.32 Å². The molecular formula is C21H25ClN2O. The highest BCUT2D eigenvalue weighted by Crippen LogP contribution is 2.31. The highest BCUT2D eigenvalue weighted by molar-refractivity contribution is 6.30. The van der Waals surface area contributed by atoms with Crippen molar-refractivity contribution in [2.45, 2.75) is 38.6 Å². The van der Waals surface area contributed by atoms with Crippen molar-refractivity contribution in [3.63, 3.8) is 0 Å². The summed E-state index contributed by atoms with van der Waals surface area (Å²) in [5.41, 5.74) is 3.92. The quantitative estimate of drug-likeness (QED) is 0.753. The molecule has 25 heavy (non-hydrogen) atoms. The Morgan fingerprint density at radius 3 is 2.76 bits per heavy atom. The smallest absolute Gasteiger partial charge is 0.220 e. The first-order chi connectivity index (χ1) is 12.1. The van der Waals surface area contributed by atoms with Gasteiger partial charge in [0.15, 0.2) is 0 Å². The molecule has 2 aromatic carbocycles. The minimum Gasteiger partial charge on any atom is -0.368 e. The average molecular weight is 357 g/mol. The third-order valence-corrected chi connectivity index (χ3v) is 5.05. The number of benzene rings is 2. The van der Waals surface area contributed by atoms with Gasteiger partial charge in [0.2, 0.25) is 5.91 Å². The number of para-hydroxylation sites is 1. The molecule has 4 heteroatoms. The Morgan fingerprint density at radius 1 is 1.20 bits per heavy atom. The molecule has 0 unspecified atom stereocenters. The van der Waals surface area contributed by atoms with E-state index in [9.17, 15) is 4.79 Å². The molecule has 0 saturated heterocycles. The second-order valence-electron chi connectivity index (χ2n) is 6.71. The average Bonchev–Trinajstić information content (AvgIpc) is 2.93. The van der Waals surface area contributed by atoms with Crippen LogP contribution in [0.3, 0.4) is 0 Å². The van der Waals surface area contributed by atoms with Crippen LogP contribution in [0.2, 0.25) is 5.02 Å². The molecular weight excluding hydrogens is 332 g/mol. The number of carbonyl (C=O) groups is 1. The number of rotatable bonds is 7.